The Morgan fingerprint density at radius 2 is 2.25 bits per heavy atom. The van der Waals surface area contributed by atoms with Crippen molar-refractivity contribution >= 4 is 15.9 Å². The first-order chi connectivity index (χ1) is 5.86. The summed E-state index contributed by atoms with van der Waals surface area (Å²) < 4.78 is 11.0. The normalized spacial score (nSPS) is 29.5. The smallest absolute Gasteiger partial charge is 0.158 e. The fourth-order valence-corrected chi connectivity index (χ4v) is 1.64. The summed E-state index contributed by atoms with van der Waals surface area (Å²) in [6, 6.07) is 0. The molecule has 0 aromatic heterocycles. The van der Waals surface area contributed by atoms with Crippen LogP contribution in [0.15, 0.2) is 0 Å². The summed E-state index contributed by atoms with van der Waals surface area (Å²) in [5, 5.41) is 0.886. The molecule has 1 saturated heterocycles. The molecule has 0 bridgehead atoms. The van der Waals surface area contributed by atoms with E-state index in [0.29, 0.717) is 0 Å². The second-order valence-electron chi connectivity index (χ2n) is 3.17. The molecule has 72 valence electrons. The van der Waals surface area contributed by atoms with E-state index < -0.39 is 0 Å². The highest BCUT2D eigenvalue weighted by molar-refractivity contribution is 9.09. The third kappa shape index (κ3) is 3.42. The molecule has 0 N–H and O–H groups in total. The molecule has 0 amide bonds. The molecular formula is C9H17BrO2. The standard InChI is InChI=1S/C9H17BrO2/c1-2-3-4-5-9-11-7-8(6-10)12-9/h8-9H,2-7H2,1H3. The van der Waals surface area contributed by atoms with E-state index in [0.717, 1.165) is 18.4 Å². The molecule has 1 aliphatic rings. The van der Waals surface area contributed by atoms with Gasteiger partial charge in [-0.25, -0.2) is 0 Å². The summed E-state index contributed by atoms with van der Waals surface area (Å²) >= 11 is 3.38. The fourth-order valence-electron chi connectivity index (χ4n) is 1.30. The number of hydrogen-bond donors (Lipinski definition) is 0. The molecule has 2 nitrogen and oxygen atoms in total. The van der Waals surface area contributed by atoms with E-state index in [9.17, 15) is 0 Å². The molecule has 1 aliphatic heterocycles. The maximum absolute atomic E-state index is 5.59. The van der Waals surface area contributed by atoms with Crippen molar-refractivity contribution in [1.29, 1.82) is 0 Å². The SMILES string of the molecule is CCCCCC1OCC(CBr)O1. The first-order valence-corrected chi connectivity index (χ1v) is 5.82. The maximum atomic E-state index is 5.59. The van der Waals surface area contributed by atoms with Gasteiger partial charge in [0.25, 0.3) is 0 Å². The van der Waals surface area contributed by atoms with E-state index in [2.05, 4.69) is 22.9 Å². The van der Waals surface area contributed by atoms with Crippen molar-refractivity contribution in [1.82, 2.24) is 0 Å². The third-order valence-electron chi connectivity index (χ3n) is 2.03. The molecule has 1 heterocycles. The molecule has 2 unspecified atom stereocenters. The summed E-state index contributed by atoms with van der Waals surface area (Å²) in [6.07, 6.45) is 5.15. The van der Waals surface area contributed by atoms with Crippen LogP contribution in [-0.4, -0.2) is 24.3 Å². The molecule has 0 radical (unpaired) electrons. The summed E-state index contributed by atoms with van der Waals surface area (Å²) in [5.74, 6) is 0. The zero-order valence-electron chi connectivity index (χ0n) is 7.59. The lowest BCUT2D eigenvalue weighted by molar-refractivity contribution is -0.0595. The minimum atomic E-state index is 0.0686. The van der Waals surface area contributed by atoms with E-state index >= 15 is 0 Å². The first-order valence-electron chi connectivity index (χ1n) is 4.69. The lowest BCUT2D eigenvalue weighted by atomic mass is 10.2. The average Bonchev–Trinajstić information content (AvgIpc) is 2.53. The number of unbranched alkanes of at least 4 members (excludes halogenated alkanes) is 2. The van der Waals surface area contributed by atoms with Crippen molar-refractivity contribution in [3.05, 3.63) is 0 Å². The summed E-state index contributed by atoms with van der Waals surface area (Å²) in [7, 11) is 0. The lowest BCUT2D eigenvalue weighted by Gasteiger charge is -2.08. The van der Waals surface area contributed by atoms with Crippen LogP contribution < -0.4 is 0 Å². The quantitative estimate of drug-likeness (QED) is 0.540. The Bertz CT molecular complexity index is 119. The van der Waals surface area contributed by atoms with Gasteiger partial charge in [-0.05, 0) is 12.8 Å². The maximum Gasteiger partial charge on any atom is 0.158 e. The van der Waals surface area contributed by atoms with Gasteiger partial charge in [0.1, 0.15) is 0 Å². The van der Waals surface area contributed by atoms with Crippen molar-refractivity contribution in [3.8, 4) is 0 Å². The van der Waals surface area contributed by atoms with Gasteiger partial charge in [-0.2, -0.15) is 0 Å². The van der Waals surface area contributed by atoms with Gasteiger partial charge in [-0.3, -0.25) is 0 Å². The highest BCUT2D eigenvalue weighted by Gasteiger charge is 2.23. The van der Waals surface area contributed by atoms with Gasteiger partial charge in [0, 0.05) is 5.33 Å². The Labute approximate surface area is 82.7 Å². The Balaban J connectivity index is 2.03. The van der Waals surface area contributed by atoms with Crippen molar-refractivity contribution in [3.63, 3.8) is 0 Å². The van der Waals surface area contributed by atoms with Gasteiger partial charge in [0.05, 0.1) is 12.7 Å². The molecule has 1 rings (SSSR count). The van der Waals surface area contributed by atoms with Crippen LogP contribution >= 0.6 is 15.9 Å². The van der Waals surface area contributed by atoms with Crippen LogP contribution in [-0.2, 0) is 9.47 Å². The Morgan fingerprint density at radius 1 is 1.42 bits per heavy atom. The zero-order chi connectivity index (χ0) is 8.81. The van der Waals surface area contributed by atoms with Crippen LogP contribution in [0, 0.1) is 0 Å². The van der Waals surface area contributed by atoms with Crippen LogP contribution in [0.1, 0.15) is 32.6 Å². The number of alkyl halides is 1. The topological polar surface area (TPSA) is 18.5 Å². The van der Waals surface area contributed by atoms with Gasteiger partial charge in [0.15, 0.2) is 6.29 Å². The van der Waals surface area contributed by atoms with E-state index in [1.807, 2.05) is 0 Å². The summed E-state index contributed by atoms with van der Waals surface area (Å²) in [4.78, 5) is 0. The van der Waals surface area contributed by atoms with E-state index in [1.54, 1.807) is 0 Å². The number of hydrogen-bond acceptors (Lipinski definition) is 2. The van der Waals surface area contributed by atoms with Gasteiger partial charge in [-0.15, -0.1) is 0 Å². The fraction of sp³-hybridized carbons (Fsp3) is 1.00. The predicted octanol–water partition coefficient (Wildman–Crippen LogP) is 2.70. The van der Waals surface area contributed by atoms with Crippen molar-refractivity contribution in [2.45, 2.75) is 45.0 Å². The molecule has 0 aromatic rings. The Hall–Kier alpha value is 0.400. The number of ether oxygens (including phenoxy) is 2. The average molecular weight is 237 g/mol. The van der Waals surface area contributed by atoms with Crippen molar-refractivity contribution in [2.24, 2.45) is 0 Å². The van der Waals surface area contributed by atoms with Crippen molar-refractivity contribution < 1.29 is 9.47 Å². The number of halogens is 1. The predicted molar refractivity (Wildman–Crippen MR) is 52.5 cm³/mol. The van der Waals surface area contributed by atoms with Gasteiger partial charge in [-0.1, -0.05) is 35.7 Å². The van der Waals surface area contributed by atoms with Crippen LogP contribution in [0.25, 0.3) is 0 Å². The molecule has 12 heavy (non-hydrogen) atoms. The summed E-state index contributed by atoms with van der Waals surface area (Å²) in [6.45, 7) is 2.96. The van der Waals surface area contributed by atoms with E-state index in [1.165, 1.54) is 19.3 Å². The van der Waals surface area contributed by atoms with E-state index in [-0.39, 0.29) is 12.4 Å². The lowest BCUT2D eigenvalue weighted by Crippen LogP contribution is -2.13. The molecule has 3 heteroatoms. The van der Waals surface area contributed by atoms with Gasteiger partial charge in [0.2, 0.25) is 0 Å². The first kappa shape index (κ1) is 10.5. The minimum absolute atomic E-state index is 0.0686. The highest BCUT2D eigenvalue weighted by atomic mass is 79.9. The van der Waals surface area contributed by atoms with Gasteiger partial charge < -0.3 is 9.47 Å². The summed E-state index contributed by atoms with van der Waals surface area (Å²) in [5.41, 5.74) is 0. The Morgan fingerprint density at radius 3 is 2.83 bits per heavy atom. The van der Waals surface area contributed by atoms with Crippen LogP contribution in [0.5, 0.6) is 0 Å². The molecule has 0 aliphatic carbocycles. The second-order valence-corrected chi connectivity index (χ2v) is 3.82. The third-order valence-corrected chi connectivity index (χ3v) is 2.75. The van der Waals surface area contributed by atoms with Crippen LogP contribution in [0.3, 0.4) is 0 Å². The highest BCUT2D eigenvalue weighted by Crippen LogP contribution is 2.18. The number of rotatable bonds is 5. The minimum Gasteiger partial charge on any atom is -0.350 e. The molecule has 0 aromatic carbocycles. The molecule has 1 fully saturated rings. The molecule has 0 spiro atoms. The Kier molecular flexibility index (Phi) is 5.19. The zero-order valence-corrected chi connectivity index (χ0v) is 9.18. The molecular weight excluding hydrogens is 220 g/mol. The molecule has 2 atom stereocenters. The van der Waals surface area contributed by atoms with Crippen LogP contribution in [0.4, 0.5) is 0 Å². The van der Waals surface area contributed by atoms with E-state index in [4.69, 9.17) is 9.47 Å². The van der Waals surface area contributed by atoms with Gasteiger partial charge >= 0.3 is 0 Å². The molecule has 0 saturated carbocycles. The van der Waals surface area contributed by atoms with Crippen molar-refractivity contribution in [2.75, 3.05) is 11.9 Å². The second kappa shape index (κ2) is 5.95. The monoisotopic (exact) mass is 236 g/mol. The largest absolute Gasteiger partial charge is 0.350 e. The van der Waals surface area contributed by atoms with Crippen LogP contribution in [0.2, 0.25) is 0 Å².